The number of aliphatic carboxylic acids is 1. The first kappa shape index (κ1) is 13.9. The van der Waals surface area contributed by atoms with E-state index in [4.69, 9.17) is 5.11 Å². The minimum atomic E-state index is -1.18. The Morgan fingerprint density at radius 2 is 2.25 bits per heavy atom. The first-order chi connectivity index (χ1) is 9.49. The van der Waals surface area contributed by atoms with E-state index in [-0.39, 0.29) is 18.7 Å². The topological polar surface area (TPSA) is 99.6 Å². The lowest BCUT2D eigenvalue weighted by atomic mass is 10.1. The van der Waals surface area contributed by atoms with Crippen LogP contribution in [0.5, 0.6) is 0 Å². The van der Waals surface area contributed by atoms with Crippen LogP contribution in [0.2, 0.25) is 0 Å². The number of halogens is 1. The predicted octanol–water partition coefficient (Wildman–Crippen LogP) is -0.364. The van der Waals surface area contributed by atoms with Gasteiger partial charge in [-0.05, 0) is 12.1 Å². The van der Waals surface area contributed by atoms with Crippen LogP contribution in [-0.2, 0) is 9.59 Å². The van der Waals surface area contributed by atoms with Crippen LogP contribution in [0, 0.1) is 5.95 Å². The zero-order chi connectivity index (χ0) is 14.7. The van der Waals surface area contributed by atoms with Gasteiger partial charge in [0.25, 0.3) is 5.91 Å². The summed E-state index contributed by atoms with van der Waals surface area (Å²) in [6.07, 6.45) is 0.578. The zero-order valence-corrected chi connectivity index (χ0v) is 10.4. The van der Waals surface area contributed by atoms with Gasteiger partial charge in [0.05, 0.1) is 12.0 Å². The maximum Gasteiger partial charge on any atom is 0.305 e. The largest absolute Gasteiger partial charge is 0.481 e. The van der Waals surface area contributed by atoms with Crippen LogP contribution in [0.25, 0.3) is 0 Å². The lowest BCUT2D eigenvalue weighted by Crippen LogP contribution is -2.57. The van der Waals surface area contributed by atoms with E-state index in [9.17, 15) is 18.8 Å². The molecular weight excluding hydrogens is 269 g/mol. The molecule has 1 saturated heterocycles. The third-order valence-corrected chi connectivity index (χ3v) is 2.93. The third-order valence-electron chi connectivity index (χ3n) is 2.93. The highest BCUT2D eigenvalue weighted by Gasteiger charge is 2.35. The smallest absolute Gasteiger partial charge is 0.305 e. The van der Waals surface area contributed by atoms with Crippen molar-refractivity contribution in [1.29, 1.82) is 0 Å². The minimum Gasteiger partial charge on any atom is -0.481 e. The second-order valence-electron chi connectivity index (χ2n) is 4.27. The number of nitrogens with zero attached hydrogens (tertiary/aromatic N) is 2. The van der Waals surface area contributed by atoms with E-state index < -0.39 is 36.2 Å². The van der Waals surface area contributed by atoms with Gasteiger partial charge in [0.1, 0.15) is 6.04 Å². The molecule has 0 bridgehead atoms. The molecule has 2 amide bonds. The maximum atomic E-state index is 12.7. The number of aromatic nitrogens is 1. The average Bonchev–Trinajstić information content (AvgIpc) is 2.41. The third kappa shape index (κ3) is 2.90. The highest BCUT2D eigenvalue weighted by atomic mass is 19.1. The Balaban J connectivity index is 2.23. The maximum absolute atomic E-state index is 12.7. The number of carbonyl (C=O) groups excluding carboxylic acids is 2. The van der Waals surface area contributed by atoms with E-state index in [0.29, 0.717) is 0 Å². The molecule has 0 aliphatic carbocycles. The van der Waals surface area contributed by atoms with Crippen molar-refractivity contribution >= 4 is 17.8 Å². The molecule has 1 aliphatic rings. The number of amides is 2. The zero-order valence-electron chi connectivity index (χ0n) is 10.4. The van der Waals surface area contributed by atoms with Crippen molar-refractivity contribution in [3.63, 3.8) is 0 Å². The summed E-state index contributed by atoms with van der Waals surface area (Å²) in [6, 6.07) is 1.21. The first-order valence-corrected chi connectivity index (χ1v) is 5.91. The van der Waals surface area contributed by atoms with Crippen LogP contribution in [0.4, 0.5) is 4.39 Å². The molecule has 1 aliphatic heterocycles. The fraction of sp³-hybridized carbons (Fsp3) is 0.333. The minimum absolute atomic E-state index is 0.108. The van der Waals surface area contributed by atoms with Crippen LogP contribution in [-0.4, -0.2) is 51.9 Å². The van der Waals surface area contributed by atoms with Crippen LogP contribution >= 0.6 is 0 Å². The van der Waals surface area contributed by atoms with Gasteiger partial charge in [-0.2, -0.15) is 4.39 Å². The van der Waals surface area contributed by atoms with E-state index >= 15 is 0 Å². The normalized spacial score (nSPS) is 18.6. The van der Waals surface area contributed by atoms with Gasteiger partial charge in [0.15, 0.2) is 0 Å². The number of carbonyl (C=O) groups is 3. The van der Waals surface area contributed by atoms with Crippen LogP contribution in [0.1, 0.15) is 16.8 Å². The average molecular weight is 281 g/mol. The van der Waals surface area contributed by atoms with E-state index in [1.807, 2.05) is 0 Å². The number of rotatable bonds is 3. The van der Waals surface area contributed by atoms with Crippen molar-refractivity contribution in [2.45, 2.75) is 12.5 Å². The molecule has 0 radical (unpaired) electrons. The van der Waals surface area contributed by atoms with Gasteiger partial charge in [0, 0.05) is 19.3 Å². The number of hydrogen-bond donors (Lipinski definition) is 2. The molecule has 0 aromatic carbocycles. The number of carboxylic acid groups (broad SMARTS) is 1. The summed E-state index contributed by atoms with van der Waals surface area (Å²) >= 11 is 0. The molecule has 2 rings (SSSR count). The molecule has 2 heterocycles. The number of carboxylic acids is 1. The summed E-state index contributed by atoms with van der Waals surface area (Å²) in [5.41, 5.74) is 0.108. The molecule has 8 heteroatoms. The highest BCUT2D eigenvalue weighted by molar-refractivity contribution is 5.99. The Hall–Kier alpha value is -2.51. The molecule has 7 nitrogen and oxygen atoms in total. The molecule has 1 unspecified atom stereocenters. The summed E-state index contributed by atoms with van der Waals surface area (Å²) < 4.78 is 12.7. The number of piperazine rings is 1. The van der Waals surface area contributed by atoms with Gasteiger partial charge in [0.2, 0.25) is 11.9 Å². The summed E-state index contributed by atoms with van der Waals surface area (Å²) in [5, 5.41) is 11.3. The molecule has 0 saturated carbocycles. The molecule has 1 aromatic rings. The number of pyridine rings is 1. The molecule has 106 valence electrons. The van der Waals surface area contributed by atoms with E-state index in [2.05, 4.69) is 10.3 Å². The standard InChI is InChI=1S/C12H12FN3O4/c13-9-2-1-7(6-15-9)12(20)16-4-3-14-11(19)8(16)5-10(17)18/h1-2,6,8H,3-5H2,(H,14,19)(H,17,18). The quantitative estimate of drug-likeness (QED) is 0.737. The molecule has 2 N–H and O–H groups in total. The van der Waals surface area contributed by atoms with Gasteiger partial charge >= 0.3 is 5.97 Å². The molecule has 1 fully saturated rings. The van der Waals surface area contributed by atoms with Gasteiger partial charge < -0.3 is 15.3 Å². The second-order valence-corrected chi connectivity index (χ2v) is 4.27. The number of hydrogen-bond acceptors (Lipinski definition) is 4. The Bertz CT molecular complexity index is 546. The highest BCUT2D eigenvalue weighted by Crippen LogP contribution is 2.13. The van der Waals surface area contributed by atoms with Gasteiger partial charge in [-0.25, -0.2) is 4.98 Å². The van der Waals surface area contributed by atoms with Crippen molar-refractivity contribution in [2.75, 3.05) is 13.1 Å². The van der Waals surface area contributed by atoms with E-state index in [1.54, 1.807) is 0 Å². The van der Waals surface area contributed by atoms with Crippen LogP contribution in [0.3, 0.4) is 0 Å². The van der Waals surface area contributed by atoms with E-state index in [0.717, 1.165) is 12.3 Å². The van der Waals surface area contributed by atoms with Gasteiger partial charge in [-0.15, -0.1) is 0 Å². The fourth-order valence-electron chi connectivity index (χ4n) is 1.99. The Labute approximate surface area is 113 Å². The molecule has 1 atom stereocenters. The summed E-state index contributed by atoms with van der Waals surface area (Å²) in [7, 11) is 0. The number of nitrogens with one attached hydrogen (secondary N) is 1. The van der Waals surface area contributed by atoms with Crippen molar-refractivity contribution in [1.82, 2.24) is 15.2 Å². The lowest BCUT2D eigenvalue weighted by molar-refractivity contribution is -0.142. The molecular formula is C12H12FN3O4. The van der Waals surface area contributed by atoms with E-state index in [1.165, 1.54) is 11.0 Å². The van der Waals surface area contributed by atoms with Crippen molar-refractivity contribution in [3.05, 3.63) is 29.8 Å². The van der Waals surface area contributed by atoms with Gasteiger partial charge in [-0.1, -0.05) is 0 Å². The van der Waals surface area contributed by atoms with Crippen molar-refractivity contribution in [2.24, 2.45) is 0 Å². The SMILES string of the molecule is O=C(O)CC1C(=O)NCCN1C(=O)c1ccc(F)nc1. The Morgan fingerprint density at radius 3 is 2.85 bits per heavy atom. The van der Waals surface area contributed by atoms with Crippen LogP contribution < -0.4 is 5.32 Å². The Kier molecular flexibility index (Phi) is 3.92. The fourth-order valence-corrected chi connectivity index (χ4v) is 1.99. The predicted molar refractivity (Wildman–Crippen MR) is 64.3 cm³/mol. The van der Waals surface area contributed by atoms with Crippen LogP contribution in [0.15, 0.2) is 18.3 Å². The first-order valence-electron chi connectivity index (χ1n) is 5.91. The summed E-state index contributed by atoms with van der Waals surface area (Å²) in [5.74, 6) is -2.96. The lowest BCUT2D eigenvalue weighted by Gasteiger charge is -2.34. The van der Waals surface area contributed by atoms with Gasteiger partial charge in [-0.3, -0.25) is 14.4 Å². The van der Waals surface area contributed by atoms with Crippen molar-refractivity contribution in [3.8, 4) is 0 Å². The summed E-state index contributed by atoms with van der Waals surface area (Å²) in [4.78, 5) is 39.2. The Morgan fingerprint density at radius 1 is 1.50 bits per heavy atom. The molecule has 20 heavy (non-hydrogen) atoms. The molecule has 0 spiro atoms. The monoisotopic (exact) mass is 281 g/mol. The second kappa shape index (κ2) is 5.64. The molecule has 1 aromatic heterocycles. The summed E-state index contributed by atoms with van der Waals surface area (Å²) in [6.45, 7) is 0.440. The van der Waals surface area contributed by atoms with Crippen molar-refractivity contribution < 1.29 is 23.9 Å².